The van der Waals surface area contributed by atoms with Crippen LogP contribution in [0.1, 0.15) is 37.6 Å². The van der Waals surface area contributed by atoms with Crippen molar-refractivity contribution in [2.45, 2.75) is 27.2 Å². The van der Waals surface area contributed by atoms with Crippen LogP contribution >= 0.6 is 11.6 Å². The number of aldehydes is 1. The van der Waals surface area contributed by atoms with Crippen LogP contribution in [0.15, 0.2) is 18.2 Å². The highest BCUT2D eigenvalue weighted by atomic mass is 35.5. The first-order chi connectivity index (χ1) is 8.41. The van der Waals surface area contributed by atoms with E-state index >= 15 is 0 Å². The predicted octanol–water partition coefficient (Wildman–Crippen LogP) is 4.02. The van der Waals surface area contributed by atoms with Crippen LogP contribution in [0.5, 0.6) is 0 Å². The first-order valence-electron chi connectivity index (χ1n) is 6.41. The maximum absolute atomic E-state index is 11.1. The lowest BCUT2D eigenvalue weighted by atomic mass is 9.80. The molecule has 1 aliphatic heterocycles. The van der Waals surface area contributed by atoms with Gasteiger partial charge in [0.25, 0.3) is 0 Å². The molecule has 0 amide bonds. The Balaban J connectivity index is 2.24. The summed E-state index contributed by atoms with van der Waals surface area (Å²) in [5, 5.41) is 0.690. The molecule has 1 unspecified atom stereocenters. The summed E-state index contributed by atoms with van der Waals surface area (Å²) in [4.78, 5) is 13.4. The molecule has 0 saturated carbocycles. The second-order valence-corrected chi connectivity index (χ2v) is 6.56. The highest BCUT2D eigenvalue weighted by Gasteiger charge is 2.32. The molecule has 0 aliphatic carbocycles. The normalized spacial score (nSPS) is 20.2. The smallest absolute Gasteiger partial charge is 0.152 e. The van der Waals surface area contributed by atoms with Crippen LogP contribution in [-0.4, -0.2) is 19.4 Å². The fraction of sp³-hybridized carbons (Fsp3) is 0.533. The molecule has 0 bridgehead atoms. The number of halogens is 1. The average molecular weight is 266 g/mol. The summed E-state index contributed by atoms with van der Waals surface area (Å²) in [6.45, 7) is 8.84. The van der Waals surface area contributed by atoms with Crippen LogP contribution in [0.4, 0.5) is 5.69 Å². The molecule has 1 aromatic rings. The van der Waals surface area contributed by atoms with E-state index in [1.165, 1.54) is 6.42 Å². The first-order valence-corrected chi connectivity index (χ1v) is 6.79. The Kier molecular flexibility index (Phi) is 3.67. The standard InChI is InChI=1S/C15H20ClNO/c1-15(2,3)12-6-7-17(9-12)14-8-13(16)5-4-11(14)10-18/h4-5,8,10,12H,6-7,9H2,1-3H3. The topological polar surface area (TPSA) is 20.3 Å². The van der Waals surface area contributed by atoms with Gasteiger partial charge in [-0.15, -0.1) is 0 Å². The van der Waals surface area contributed by atoms with Gasteiger partial charge in [0, 0.05) is 29.4 Å². The van der Waals surface area contributed by atoms with Crippen LogP contribution in [0.2, 0.25) is 5.02 Å². The van der Waals surface area contributed by atoms with Crippen molar-refractivity contribution >= 4 is 23.6 Å². The van der Waals surface area contributed by atoms with E-state index in [1.54, 1.807) is 12.1 Å². The Morgan fingerprint density at radius 1 is 1.39 bits per heavy atom. The molecule has 2 nitrogen and oxygen atoms in total. The van der Waals surface area contributed by atoms with Crippen molar-refractivity contribution in [3.8, 4) is 0 Å². The Bertz CT molecular complexity index is 450. The van der Waals surface area contributed by atoms with Gasteiger partial charge < -0.3 is 4.90 Å². The number of carbonyl (C=O) groups excluding carboxylic acids is 1. The van der Waals surface area contributed by atoms with Gasteiger partial charge in [-0.2, -0.15) is 0 Å². The number of hydrogen-bond acceptors (Lipinski definition) is 2. The van der Waals surface area contributed by atoms with Crippen molar-refractivity contribution in [2.24, 2.45) is 11.3 Å². The monoisotopic (exact) mass is 265 g/mol. The van der Waals surface area contributed by atoms with E-state index in [-0.39, 0.29) is 0 Å². The lowest BCUT2D eigenvalue weighted by Crippen LogP contribution is -2.26. The van der Waals surface area contributed by atoms with Gasteiger partial charge >= 0.3 is 0 Å². The molecule has 0 N–H and O–H groups in total. The number of benzene rings is 1. The maximum atomic E-state index is 11.1. The lowest BCUT2D eigenvalue weighted by molar-refractivity contribution is 0.112. The third-order valence-corrected chi connectivity index (χ3v) is 4.11. The van der Waals surface area contributed by atoms with E-state index in [0.717, 1.165) is 30.6 Å². The van der Waals surface area contributed by atoms with Crippen molar-refractivity contribution in [1.29, 1.82) is 0 Å². The molecule has 0 spiro atoms. The second kappa shape index (κ2) is 4.93. The second-order valence-electron chi connectivity index (χ2n) is 6.12. The fourth-order valence-corrected chi connectivity index (χ4v) is 2.74. The molecule has 1 aromatic carbocycles. The number of carbonyl (C=O) groups is 1. The summed E-state index contributed by atoms with van der Waals surface area (Å²) < 4.78 is 0. The molecule has 1 atom stereocenters. The molecular weight excluding hydrogens is 246 g/mol. The van der Waals surface area contributed by atoms with Gasteiger partial charge in [-0.3, -0.25) is 4.79 Å². The molecular formula is C15H20ClNO. The fourth-order valence-electron chi connectivity index (χ4n) is 2.58. The molecule has 2 rings (SSSR count). The van der Waals surface area contributed by atoms with E-state index in [2.05, 4.69) is 25.7 Å². The van der Waals surface area contributed by atoms with E-state index in [1.807, 2.05) is 6.07 Å². The van der Waals surface area contributed by atoms with Crippen LogP contribution in [-0.2, 0) is 0 Å². The zero-order valence-electron chi connectivity index (χ0n) is 11.2. The van der Waals surface area contributed by atoms with Gasteiger partial charge in [0.05, 0.1) is 0 Å². The SMILES string of the molecule is CC(C)(C)C1CCN(c2cc(Cl)ccc2C=O)C1. The zero-order valence-corrected chi connectivity index (χ0v) is 12.0. The third-order valence-electron chi connectivity index (χ3n) is 3.87. The number of anilines is 1. The van der Waals surface area contributed by atoms with Crippen molar-refractivity contribution in [2.75, 3.05) is 18.0 Å². The lowest BCUT2D eigenvalue weighted by Gasteiger charge is -2.28. The Labute approximate surface area is 114 Å². The summed E-state index contributed by atoms with van der Waals surface area (Å²) >= 11 is 6.04. The molecule has 0 radical (unpaired) electrons. The van der Waals surface area contributed by atoms with Gasteiger partial charge in [-0.05, 0) is 36.0 Å². The minimum Gasteiger partial charge on any atom is -0.371 e. The quantitative estimate of drug-likeness (QED) is 0.753. The molecule has 1 saturated heterocycles. The minimum absolute atomic E-state index is 0.314. The Morgan fingerprint density at radius 3 is 2.67 bits per heavy atom. The van der Waals surface area contributed by atoms with Crippen LogP contribution in [0.3, 0.4) is 0 Å². The Hall–Kier alpha value is -1.02. The van der Waals surface area contributed by atoms with Gasteiger partial charge in [-0.25, -0.2) is 0 Å². The van der Waals surface area contributed by atoms with Crippen LogP contribution < -0.4 is 4.90 Å². The van der Waals surface area contributed by atoms with Gasteiger partial charge in [-0.1, -0.05) is 32.4 Å². The summed E-state index contributed by atoms with van der Waals surface area (Å²) in [6, 6.07) is 5.47. The minimum atomic E-state index is 0.314. The van der Waals surface area contributed by atoms with E-state index < -0.39 is 0 Å². The molecule has 1 fully saturated rings. The molecule has 0 aromatic heterocycles. The van der Waals surface area contributed by atoms with Crippen LogP contribution in [0.25, 0.3) is 0 Å². The van der Waals surface area contributed by atoms with E-state index in [4.69, 9.17) is 11.6 Å². The largest absolute Gasteiger partial charge is 0.371 e. The van der Waals surface area contributed by atoms with E-state index in [9.17, 15) is 4.79 Å². The first kappa shape index (κ1) is 13.4. The highest BCUT2D eigenvalue weighted by Crippen LogP contribution is 2.36. The van der Waals surface area contributed by atoms with Crippen molar-refractivity contribution in [3.05, 3.63) is 28.8 Å². The molecule has 3 heteroatoms. The maximum Gasteiger partial charge on any atom is 0.152 e. The number of nitrogens with zero attached hydrogens (tertiary/aromatic N) is 1. The summed E-state index contributed by atoms with van der Waals surface area (Å²) in [5.41, 5.74) is 2.02. The van der Waals surface area contributed by atoms with Crippen molar-refractivity contribution in [1.82, 2.24) is 0 Å². The third kappa shape index (κ3) is 2.69. The molecule has 18 heavy (non-hydrogen) atoms. The summed E-state index contributed by atoms with van der Waals surface area (Å²) in [7, 11) is 0. The number of hydrogen-bond donors (Lipinski definition) is 0. The van der Waals surface area contributed by atoms with Gasteiger partial charge in [0.15, 0.2) is 6.29 Å². The number of rotatable bonds is 2. The highest BCUT2D eigenvalue weighted by molar-refractivity contribution is 6.31. The molecule has 1 aliphatic rings. The Morgan fingerprint density at radius 2 is 2.11 bits per heavy atom. The van der Waals surface area contributed by atoms with E-state index in [0.29, 0.717) is 16.4 Å². The average Bonchev–Trinajstić information content (AvgIpc) is 2.77. The zero-order chi connectivity index (χ0) is 13.3. The van der Waals surface area contributed by atoms with Crippen LogP contribution in [0, 0.1) is 11.3 Å². The summed E-state index contributed by atoms with van der Waals surface area (Å²) in [5.74, 6) is 0.663. The summed E-state index contributed by atoms with van der Waals surface area (Å²) in [6.07, 6.45) is 2.09. The van der Waals surface area contributed by atoms with Gasteiger partial charge in [0.2, 0.25) is 0 Å². The predicted molar refractivity (Wildman–Crippen MR) is 76.6 cm³/mol. The van der Waals surface area contributed by atoms with Gasteiger partial charge in [0.1, 0.15) is 0 Å². The van der Waals surface area contributed by atoms with Crippen molar-refractivity contribution < 1.29 is 4.79 Å². The molecule has 98 valence electrons. The van der Waals surface area contributed by atoms with Crippen molar-refractivity contribution in [3.63, 3.8) is 0 Å². The molecule has 1 heterocycles.